The maximum absolute atomic E-state index is 6.09. The zero-order valence-electron chi connectivity index (χ0n) is 10.8. The molecular formula is C14H21NO2. The maximum Gasteiger partial charge on any atom is 0.126 e. The fraction of sp³-hybridized carbons (Fsp3) is 0.571. The molecule has 3 unspecified atom stereocenters. The van der Waals surface area contributed by atoms with Crippen molar-refractivity contribution < 1.29 is 9.47 Å². The van der Waals surface area contributed by atoms with E-state index in [0.29, 0.717) is 17.9 Å². The molecule has 94 valence electrons. The molecule has 2 rings (SSSR count). The molecule has 3 atom stereocenters. The summed E-state index contributed by atoms with van der Waals surface area (Å²) in [5, 5.41) is 0. The molecule has 0 spiro atoms. The number of benzene rings is 1. The lowest BCUT2D eigenvalue weighted by atomic mass is 9.88. The molecule has 3 nitrogen and oxygen atoms in total. The van der Waals surface area contributed by atoms with Gasteiger partial charge in [0.1, 0.15) is 11.5 Å². The number of hydrogen-bond acceptors (Lipinski definition) is 3. The van der Waals surface area contributed by atoms with E-state index in [1.807, 2.05) is 12.1 Å². The molecule has 1 saturated carbocycles. The Morgan fingerprint density at radius 1 is 1.18 bits per heavy atom. The number of hydrogen-bond donors (Lipinski definition) is 1. The van der Waals surface area contributed by atoms with E-state index >= 15 is 0 Å². The Kier molecular flexibility index (Phi) is 3.57. The summed E-state index contributed by atoms with van der Waals surface area (Å²) in [4.78, 5) is 0. The summed E-state index contributed by atoms with van der Waals surface area (Å²) in [5.41, 5.74) is 7.35. The van der Waals surface area contributed by atoms with Crippen LogP contribution in [0.3, 0.4) is 0 Å². The third kappa shape index (κ3) is 2.25. The summed E-state index contributed by atoms with van der Waals surface area (Å²) in [7, 11) is 3.38. The predicted octanol–water partition coefficient (Wildman–Crippen LogP) is 2.54. The van der Waals surface area contributed by atoms with Gasteiger partial charge in [0.15, 0.2) is 0 Å². The summed E-state index contributed by atoms with van der Waals surface area (Å²) in [6.07, 6.45) is 2.24. The van der Waals surface area contributed by atoms with E-state index < -0.39 is 0 Å². The van der Waals surface area contributed by atoms with Gasteiger partial charge in [-0.1, -0.05) is 13.0 Å². The third-order valence-electron chi connectivity index (χ3n) is 3.96. The Morgan fingerprint density at radius 3 is 2.47 bits per heavy atom. The van der Waals surface area contributed by atoms with Gasteiger partial charge in [-0.3, -0.25) is 0 Å². The van der Waals surface area contributed by atoms with Crippen molar-refractivity contribution in [2.24, 2.45) is 11.7 Å². The Bertz CT molecular complexity index is 392. The maximum atomic E-state index is 6.09. The van der Waals surface area contributed by atoms with Crippen LogP contribution in [0.5, 0.6) is 11.5 Å². The molecule has 1 aliphatic carbocycles. The number of nitrogens with two attached hydrogens (primary N) is 1. The van der Waals surface area contributed by atoms with Crippen molar-refractivity contribution >= 4 is 0 Å². The van der Waals surface area contributed by atoms with Crippen LogP contribution in [0.15, 0.2) is 18.2 Å². The van der Waals surface area contributed by atoms with E-state index in [-0.39, 0.29) is 0 Å². The minimum absolute atomic E-state index is 0.312. The van der Waals surface area contributed by atoms with Gasteiger partial charge < -0.3 is 15.2 Å². The summed E-state index contributed by atoms with van der Waals surface area (Å²) < 4.78 is 10.7. The molecule has 1 aliphatic rings. The SMILES string of the molecule is COc1ccc(C2CCC(N)C2C)c(OC)c1. The highest BCUT2D eigenvalue weighted by molar-refractivity contribution is 5.43. The molecule has 0 bridgehead atoms. The van der Waals surface area contributed by atoms with Crippen molar-refractivity contribution in [1.82, 2.24) is 0 Å². The summed E-state index contributed by atoms with van der Waals surface area (Å²) in [5.74, 6) is 2.76. The summed E-state index contributed by atoms with van der Waals surface area (Å²) >= 11 is 0. The molecule has 0 aromatic heterocycles. The molecule has 3 heteroatoms. The van der Waals surface area contributed by atoms with Crippen molar-refractivity contribution in [3.05, 3.63) is 23.8 Å². The van der Waals surface area contributed by atoms with Gasteiger partial charge in [0.25, 0.3) is 0 Å². The topological polar surface area (TPSA) is 44.5 Å². The fourth-order valence-electron chi connectivity index (χ4n) is 2.76. The van der Waals surface area contributed by atoms with Gasteiger partial charge in [-0.15, -0.1) is 0 Å². The van der Waals surface area contributed by atoms with Crippen LogP contribution in [0, 0.1) is 5.92 Å². The van der Waals surface area contributed by atoms with E-state index in [9.17, 15) is 0 Å². The molecule has 1 fully saturated rings. The minimum atomic E-state index is 0.312. The Labute approximate surface area is 103 Å². The highest BCUT2D eigenvalue weighted by Gasteiger charge is 2.33. The second kappa shape index (κ2) is 4.96. The van der Waals surface area contributed by atoms with Crippen LogP contribution >= 0.6 is 0 Å². The van der Waals surface area contributed by atoms with Crippen molar-refractivity contribution in [2.75, 3.05) is 14.2 Å². The van der Waals surface area contributed by atoms with E-state index in [1.165, 1.54) is 5.56 Å². The van der Waals surface area contributed by atoms with Gasteiger partial charge >= 0.3 is 0 Å². The lowest BCUT2D eigenvalue weighted by molar-refractivity contribution is 0.382. The van der Waals surface area contributed by atoms with Crippen LogP contribution in [-0.2, 0) is 0 Å². The van der Waals surface area contributed by atoms with E-state index in [2.05, 4.69) is 13.0 Å². The van der Waals surface area contributed by atoms with Crippen LogP contribution in [-0.4, -0.2) is 20.3 Å². The first-order chi connectivity index (χ1) is 8.17. The predicted molar refractivity (Wildman–Crippen MR) is 68.7 cm³/mol. The zero-order valence-corrected chi connectivity index (χ0v) is 10.8. The number of methoxy groups -OCH3 is 2. The lowest BCUT2D eigenvalue weighted by Crippen LogP contribution is -2.24. The van der Waals surface area contributed by atoms with E-state index in [4.69, 9.17) is 15.2 Å². The van der Waals surface area contributed by atoms with Crippen molar-refractivity contribution in [2.45, 2.75) is 31.7 Å². The molecule has 2 N–H and O–H groups in total. The normalized spacial score (nSPS) is 28.1. The first kappa shape index (κ1) is 12.2. The van der Waals surface area contributed by atoms with Crippen LogP contribution in [0.25, 0.3) is 0 Å². The van der Waals surface area contributed by atoms with Gasteiger partial charge in [0.2, 0.25) is 0 Å². The number of rotatable bonds is 3. The molecule has 1 aromatic carbocycles. The Hall–Kier alpha value is -1.22. The molecule has 0 saturated heterocycles. The smallest absolute Gasteiger partial charge is 0.126 e. The average molecular weight is 235 g/mol. The first-order valence-corrected chi connectivity index (χ1v) is 6.15. The van der Waals surface area contributed by atoms with E-state index in [1.54, 1.807) is 14.2 Å². The quantitative estimate of drug-likeness (QED) is 0.875. The largest absolute Gasteiger partial charge is 0.497 e. The summed E-state index contributed by atoms with van der Waals surface area (Å²) in [6, 6.07) is 6.36. The standard InChI is InChI=1S/C14H21NO2/c1-9-11(6-7-13(9)15)12-5-4-10(16-2)8-14(12)17-3/h4-5,8-9,11,13H,6-7,15H2,1-3H3. The van der Waals surface area contributed by atoms with E-state index in [0.717, 1.165) is 24.3 Å². The lowest BCUT2D eigenvalue weighted by Gasteiger charge is -2.21. The first-order valence-electron chi connectivity index (χ1n) is 6.15. The minimum Gasteiger partial charge on any atom is -0.497 e. The van der Waals surface area contributed by atoms with Gasteiger partial charge in [-0.25, -0.2) is 0 Å². The molecule has 1 aromatic rings. The zero-order chi connectivity index (χ0) is 12.4. The third-order valence-corrected chi connectivity index (χ3v) is 3.96. The second-order valence-electron chi connectivity index (χ2n) is 4.81. The van der Waals surface area contributed by atoms with Crippen molar-refractivity contribution in [3.8, 4) is 11.5 Å². The van der Waals surface area contributed by atoms with Gasteiger partial charge in [-0.05, 0) is 36.3 Å². The number of ether oxygens (including phenoxy) is 2. The second-order valence-corrected chi connectivity index (χ2v) is 4.81. The average Bonchev–Trinajstić information content (AvgIpc) is 2.69. The molecular weight excluding hydrogens is 214 g/mol. The van der Waals surface area contributed by atoms with Crippen LogP contribution < -0.4 is 15.2 Å². The Balaban J connectivity index is 2.32. The van der Waals surface area contributed by atoms with Crippen LogP contribution in [0.4, 0.5) is 0 Å². The van der Waals surface area contributed by atoms with Gasteiger partial charge in [-0.2, -0.15) is 0 Å². The van der Waals surface area contributed by atoms with Crippen LogP contribution in [0.1, 0.15) is 31.2 Å². The fourth-order valence-corrected chi connectivity index (χ4v) is 2.76. The molecule has 0 aliphatic heterocycles. The molecule has 17 heavy (non-hydrogen) atoms. The van der Waals surface area contributed by atoms with Gasteiger partial charge in [0, 0.05) is 12.1 Å². The molecule has 0 radical (unpaired) electrons. The van der Waals surface area contributed by atoms with Crippen molar-refractivity contribution in [3.63, 3.8) is 0 Å². The highest BCUT2D eigenvalue weighted by Crippen LogP contribution is 2.43. The highest BCUT2D eigenvalue weighted by atomic mass is 16.5. The summed E-state index contributed by atoms with van der Waals surface area (Å²) in [6.45, 7) is 2.23. The van der Waals surface area contributed by atoms with Crippen LogP contribution in [0.2, 0.25) is 0 Å². The molecule has 0 heterocycles. The monoisotopic (exact) mass is 235 g/mol. The Morgan fingerprint density at radius 2 is 1.94 bits per heavy atom. The van der Waals surface area contributed by atoms with Crippen molar-refractivity contribution in [1.29, 1.82) is 0 Å². The van der Waals surface area contributed by atoms with Gasteiger partial charge in [0.05, 0.1) is 14.2 Å². The molecule has 0 amide bonds.